The van der Waals surface area contributed by atoms with Crippen molar-refractivity contribution in [3.63, 3.8) is 0 Å². The molecule has 1 radical (unpaired) electrons. The molecule has 1 aliphatic heterocycles. The van der Waals surface area contributed by atoms with Crippen LogP contribution in [0.25, 0.3) is 0 Å². The van der Waals surface area contributed by atoms with E-state index in [2.05, 4.69) is 4.40 Å². The average Bonchev–Trinajstić information content (AvgIpc) is 1.91. The van der Waals surface area contributed by atoms with Crippen molar-refractivity contribution in [1.82, 2.24) is 0 Å². The first-order valence-corrected chi connectivity index (χ1v) is 2.29. The monoisotopic (exact) mass is 114 g/mol. The largest absolute Gasteiger partial charge is 0.283 e. The van der Waals surface area contributed by atoms with E-state index in [0.717, 1.165) is 0 Å². The van der Waals surface area contributed by atoms with Gasteiger partial charge in [0.1, 0.15) is 0 Å². The molecule has 4 heteroatoms. The molecular formula is C3NO2S. The summed E-state index contributed by atoms with van der Waals surface area (Å²) in [6.07, 6.45) is 1.97. The topological polar surface area (TPSA) is 46.5 Å². The number of nitrogens with zero attached hydrogens (tertiary/aromatic N) is 1. The molecule has 1 aliphatic rings. The van der Waals surface area contributed by atoms with E-state index in [9.17, 15) is 9.59 Å². The Morgan fingerprint density at radius 1 is 1.57 bits per heavy atom. The van der Waals surface area contributed by atoms with Gasteiger partial charge in [-0.25, -0.2) is 4.40 Å². The summed E-state index contributed by atoms with van der Waals surface area (Å²) in [5, 5.41) is -0.542. The Kier molecular flexibility index (Phi) is 0.941. The van der Waals surface area contributed by atoms with Gasteiger partial charge in [-0.3, -0.25) is 9.59 Å². The highest BCUT2D eigenvalue weighted by atomic mass is 32.2. The van der Waals surface area contributed by atoms with Crippen LogP contribution in [0.15, 0.2) is 4.40 Å². The van der Waals surface area contributed by atoms with Gasteiger partial charge < -0.3 is 0 Å². The summed E-state index contributed by atoms with van der Waals surface area (Å²) in [5.41, 5.74) is 0. The molecule has 3 nitrogen and oxygen atoms in total. The fourth-order valence-electron chi connectivity index (χ4n) is 0.193. The summed E-state index contributed by atoms with van der Waals surface area (Å²) >= 11 is 0.631. The lowest BCUT2D eigenvalue weighted by atomic mass is 10.5. The molecule has 0 saturated carbocycles. The van der Waals surface area contributed by atoms with Gasteiger partial charge in [-0.2, -0.15) is 0 Å². The van der Waals surface area contributed by atoms with Crippen LogP contribution < -0.4 is 0 Å². The van der Waals surface area contributed by atoms with Crippen molar-refractivity contribution in [2.45, 2.75) is 0 Å². The molecule has 0 fully saturated rings. The van der Waals surface area contributed by atoms with Crippen LogP contribution in [-0.2, 0) is 9.59 Å². The molecule has 0 aliphatic carbocycles. The Labute approximate surface area is 43.9 Å². The van der Waals surface area contributed by atoms with Crippen LogP contribution in [0.1, 0.15) is 0 Å². The van der Waals surface area contributed by atoms with Crippen LogP contribution in [-0.4, -0.2) is 17.1 Å². The highest BCUT2D eigenvalue weighted by Gasteiger charge is 2.17. The Hall–Kier alpha value is -0.640. The number of carbonyl (C=O) groups excluding carboxylic acids is 2. The number of carbonyl (C=O) groups is 2. The fourth-order valence-corrected chi connectivity index (χ4v) is 0.533. The van der Waals surface area contributed by atoms with Crippen molar-refractivity contribution in [3.05, 3.63) is 0 Å². The first-order chi connectivity index (χ1) is 3.30. The van der Waals surface area contributed by atoms with E-state index >= 15 is 0 Å². The molecule has 7 heavy (non-hydrogen) atoms. The highest BCUT2D eigenvalue weighted by molar-refractivity contribution is 8.15. The zero-order chi connectivity index (χ0) is 5.28. The number of rotatable bonds is 0. The smallest absolute Gasteiger partial charge is 0.282 e. The van der Waals surface area contributed by atoms with Gasteiger partial charge in [0.05, 0.1) is 11.9 Å². The molecule has 0 bridgehead atoms. The van der Waals surface area contributed by atoms with Crippen molar-refractivity contribution < 1.29 is 9.59 Å². The first-order valence-electron chi connectivity index (χ1n) is 1.52. The van der Waals surface area contributed by atoms with Crippen molar-refractivity contribution >= 4 is 29.1 Å². The van der Waals surface area contributed by atoms with Gasteiger partial charge in [0.2, 0.25) is 0 Å². The van der Waals surface area contributed by atoms with Crippen molar-refractivity contribution in [3.8, 4) is 0 Å². The maximum absolute atomic E-state index is 10.0. The zero-order valence-corrected chi connectivity index (χ0v) is 3.99. The molecule has 1 rings (SSSR count). The summed E-state index contributed by atoms with van der Waals surface area (Å²) in [5.74, 6) is -0.634. The summed E-state index contributed by atoms with van der Waals surface area (Å²) in [7, 11) is 0. The number of hydrogen-bond donors (Lipinski definition) is 0. The lowest BCUT2D eigenvalue weighted by molar-refractivity contribution is -0.127. The summed E-state index contributed by atoms with van der Waals surface area (Å²) in [6, 6.07) is 0. The summed E-state index contributed by atoms with van der Waals surface area (Å²) in [6.45, 7) is 0. The molecule has 0 amide bonds. The van der Waals surface area contributed by atoms with Crippen molar-refractivity contribution in [2.24, 2.45) is 4.40 Å². The molecule has 35 valence electrons. The van der Waals surface area contributed by atoms with Crippen LogP contribution in [0, 0.1) is 0 Å². The second kappa shape index (κ2) is 1.46. The van der Waals surface area contributed by atoms with Crippen LogP contribution in [0.2, 0.25) is 0 Å². The van der Waals surface area contributed by atoms with E-state index in [1.165, 1.54) is 0 Å². The third-order valence-electron chi connectivity index (χ3n) is 0.461. The number of Topliss-reactive ketones (excluding diaryl/α,β-unsaturated/α-hetero) is 1. The van der Waals surface area contributed by atoms with Gasteiger partial charge in [-0.1, -0.05) is 0 Å². The van der Waals surface area contributed by atoms with Gasteiger partial charge in [0, 0.05) is 0 Å². The van der Waals surface area contributed by atoms with Gasteiger partial charge in [0.25, 0.3) is 10.9 Å². The fraction of sp³-hybridized carbons (Fsp3) is 0. The Balaban J connectivity index is 2.81. The van der Waals surface area contributed by atoms with E-state index < -0.39 is 10.9 Å². The molecule has 0 spiro atoms. The summed E-state index contributed by atoms with van der Waals surface area (Å²) < 4.78 is 3.21. The third kappa shape index (κ3) is 0.691. The molecule has 0 aromatic heterocycles. The standard InChI is InChI=1S/C3NO2S/c5-2-1-4-7-3(2)6. The molecule has 0 saturated heterocycles. The summed E-state index contributed by atoms with van der Waals surface area (Å²) in [4.78, 5) is 20.0. The Morgan fingerprint density at radius 2 is 2.29 bits per heavy atom. The highest BCUT2D eigenvalue weighted by Crippen LogP contribution is 2.08. The van der Waals surface area contributed by atoms with Gasteiger partial charge >= 0.3 is 0 Å². The molecule has 0 N–H and O–H groups in total. The normalized spacial score (nSPS) is 18.9. The molecule has 0 atom stereocenters. The second-order valence-electron chi connectivity index (χ2n) is 0.911. The van der Waals surface area contributed by atoms with E-state index in [1.54, 1.807) is 0 Å². The zero-order valence-electron chi connectivity index (χ0n) is 3.17. The van der Waals surface area contributed by atoms with Gasteiger partial charge in [-0.15, -0.1) is 0 Å². The van der Waals surface area contributed by atoms with Crippen LogP contribution in [0.3, 0.4) is 0 Å². The van der Waals surface area contributed by atoms with E-state index in [0.29, 0.717) is 11.9 Å². The maximum Gasteiger partial charge on any atom is 0.283 e. The maximum atomic E-state index is 10.0. The van der Waals surface area contributed by atoms with Crippen LogP contribution in [0.4, 0.5) is 0 Å². The van der Waals surface area contributed by atoms with Crippen molar-refractivity contribution in [1.29, 1.82) is 0 Å². The van der Waals surface area contributed by atoms with E-state index in [-0.39, 0.29) is 0 Å². The number of ketones is 1. The Bertz CT molecular complexity index is 151. The molecular weight excluding hydrogens is 114 g/mol. The molecule has 0 aromatic rings. The second-order valence-corrected chi connectivity index (χ2v) is 1.65. The predicted molar refractivity (Wildman–Crippen MR) is 25.0 cm³/mol. The Morgan fingerprint density at radius 3 is 2.43 bits per heavy atom. The minimum Gasteiger partial charge on any atom is -0.282 e. The van der Waals surface area contributed by atoms with Gasteiger partial charge in [-0.05, 0) is 0 Å². The average molecular weight is 114 g/mol. The SMILES string of the molecule is O=C1[C]=NSC1=O. The lowest BCUT2D eigenvalue weighted by Crippen LogP contribution is -2.02. The predicted octanol–water partition coefficient (Wildman–Crippen LogP) is -0.308. The van der Waals surface area contributed by atoms with Crippen LogP contribution in [0.5, 0.6) is 0 Å². The van der Waals surface area contributed by atoms with E-state index in [4.69, 9.17) is 0 Å². The number of hydrogen-bond acceptors (Lipinski definition) is 4. The molecule has 1 heterocycles. The first kappa shape index (κ1) is 4.52. The molecule has 0 aromatic carbocycles. The molecule has 0 unspecified atom stereocenters. The van der Waals surface area contributed by atoms with Gasteiger partial charge in [0.15, 0.2) is 6.21 Å². The minimum absolute atomic E-state index is 0.542. The minimum atomic E-state index is -0.634. The quantitative estimate of drug-likeness (QED) is 0.320. The van der Waals surface area contributed by atoms with E-state index in [1.807, 2.05) is 6.21 Å². The lowest BCUT2D eigenvalue weighted by Gasteiger charge is -1.68. The third-order valence-corrected chi connectivity index (χ3v) is 0.995. The van der Waals surface area contributed by atoms with Crippen molar-refractivity contribution in [2.75, 3.05) is 0 Å². The van der Waals surface area contributed by atoms with Crippen LogP contribution >= 0.6 is 11.9 Å².